The molecule has 0 aromatic heterocycles. The van der Waals surface area contributed by atoms with Crippen molar-refractivity contribution in [2.24, 2.45) is 11.8 Å². The lowest BCUT2D eigenvalue weighted by molar-refractivity contribution is -0.131. The fraction of sp³-hybridized carbons (Fsp3) is 0.321. The van der Waals surface area contributed by atoms with E-state index in [0.717, 1.165) is 0 Å². The summed E-state index contributed by atoms with van der Waals surface area (Å²) in [6.07, 6.45) is 1.83. The molecule has 35 heavy (non-hydrogen) atoms. The van der Waals surface area contributed by atoms with Crippen molar-refractivity contribution in [3.05, 3.63) is 66.2 Å². The molecule has 0 spiro atoms. The third kappa shape index (κ3) is 3.06. The van der Waals surface area contributed by atoms with Crippen molar-refractivity contribution in [1.82, 2.24) is 0 Å². The number of aromatic hydroxyl groups is 1. The van der Waals surface area contributed by atoms with Gasteiger partial charge in [0.25, 0.3) is 0 Å². The number of amides is 2. The van der Waals surface area contributed by atoms with E-state index in [-0.39, 0.29) is 17.6 Å². The Hall–Kier alpha value is -3.89. The SMILES string of the molecule is CC12CCC(CCOc3cccc(O)c3)(O1)C1C(=O)N(c3ccc(C#N)c4ccccc34)C(=O)C12. The highest BCUT2D eigenvalue weighted by Gasteiger charge is 2.73. The summed E-state index contributed by atoms with van der Waals surface area (Å²) in [6.45, 7) is 2.23. The van der Waals surface area contributed by atoms with Gasteiger partial charge in [0.15, 0.2) is 0 Å². The molecule has 3 heterocycles. The molecule has 2 amide bonds. The van der Waals surface area contributed by atoms with Crippen LogP contribution in [-0.2, 0) is 14.3 Å². The number of fused-ring (bicyclic) bond motifs is 6. The molecule has 0 radical (unpaired) electrons. The van der Waals surface area contributed by atoms with Crippen molar-refractivity contribution in [2.75, 3.05) is 11.5 Å². The second-order valence-electron chi connectivity index (χ2n) is 9.83. The van der Waals surface area contributed by atoms with Crippen LogP contribution in [0.5, 0.6) is 11.5 Å². The number of benzene rings is 3. The Balaban J connectivity index is 1.34. The standard InChI is InChI=1S/C28H24N2O5/c1-27-11-12-28(35-27,13-14-34-19-6-4-5-18(31)15-19)24-23(27)25(32)30(26(24)33)22-10-9-17(16-29)20-7-2-3-8-21(20)22/h2-10,15,23-24,31H,11-14H2,1H3. The van der Waals surface area contributed by atoms with Crippen molar-refractivity contribution in [3.63, 3.8) is 0 Å². The molecule has 3 saturated heterocycles. The Morgan fingerprint density at radius 2 is 1.83 bits per heavy atom. The zero-order valence-corrected chi connectivity index (χ0v) is 19.2. The number of nitriles is 1. The number of imide groups is 1. The highest BCUT2D eigenvalue weighted by molar-refractivity contribution is 6.26. The molecule has 3 aromatic rings. The van der Waals surface area contributed by atoms with Crippen LogP contribution in [0.3, 0.4) is 0 Å². The molecular formula is C28H24N2O5. The fourth-order valence-corrected chi connectivity index (χ4v) is 6.34. The first-order valence-corrected chi connectivity index (χ1v) is 11.8. The second-order valence-corrected chi connectivity index (χ2v) is 9.83. The van der Waals surface area contributed by atoms with Crippen LogP contribution < -0.4 is 9.64 Å². The average molecular weight is 469 g/mol. The van der Waals surface area contributed by atoms with E-state index in [2.05, 4.69) is 6.07 Å². The van der Waals surface area contributed by atoms with Gasteiger partial charge in [-0.25, -0.2) is 4.90 Å². The largest absolute Gasteiger partial charge is 0.508 e. The third-order valence-electron chi connectivity index (χ3n) is 7.89. The first kappa shape index (κ1) is 21.6. The van der Waals surface area contributed by atoms with Gasteiger partial charge >= 0.3 is 0 Å². The molecule has 3 aliphatic heterocycles. The Morgan fingerprint density at radius 3 is 2.60 bits per heavy atom. The van der Waals surface area contributed by atoms with Crippen LogP contribution in [0.4, 0.5) is 5.69 Å². The van der Waals surface area contributed by atoms with Crippen LogP contribution in [0.15, 0.2) is 60.7 Å². The lowest BCUT2D eigenvalue weighted by atomic mass is 9.67. The van der Waals surface area contributed by atoms with E-state index in [1.807, 2.05) is 31.2 Å². The summed E-state index contributed by atoms with van der Waals surface area (Å²) in [5.74, 6) is -0.984. The minimum absolute atomic E-state index is 0.119. The molecule has 3 aromatic carbocycles. The van der Waals surface area contributed by atoms with Crippen molar-refractivity contribution >= 4 is 28.3 Å². The monoisotopic (exact) mass is 468 g/mol. The molecule has 1 N–H and O–H groups in total. The van der Waals surface area contributed by atoms with Gasteiger partial charge in [-0.1, -0.05) is 30.3 Å². The smallest absolute Gasteiger partial charge is 0.240 e. The minimum Gasteiger partial charge on any atom is -0.508 e. The Bertz CT molecular complexity index is 1430. The quantitative estimate of drug-likeness (QED) is 0.560. The topological polar surface area (TPSA) is 99.9 Å². The summed E-state index contributed by atoms with van der Waals surface area (Å²) < 4.78 is 12.3. The predicted octanol–water partition coefficient (Wildman–Crippen LogP) is 4.31. The maximum absolute atomic E-state index is 13.9. The maximum atomic E-state index is 13.9. The van der Waals surface area contributed by atoms with Crippen molar-refractivity contribution in [3.8, 4) is 17.6 Å². The maximum Gasteiger partial charge on any atom is 0.240 e. The molecule has 6 rings (SSSR count). The van der Waals surface area contributed by atoms with Gasteiger partial charge in [-0.05, 0) is 44.0 Å². The van der Waals surface area contributed by atoms with Gasteiger partial charge in [0, 0.05) is 23.3 Å². The van der Waals surface area contributed by atoms with Gasteiger partial charge in [0.2, 0.25) is 11.8 Å². The van der Waals surface area contributed by atoms with Crippen LogP contribution in [0, 0.1) is 23.2 Å². The van der Waals surface area contributed by atoms with Gasteiger partial charge < -0.3 is 14.6 Å². The van der Waals surface area contributed by atoms with Gasteiger partial charge in [-0.3, -0.25) is 9.59 Å². The van der Waals surface area contributed by atoms with E-state index < -0.39 is 23.0 Å². The van der Waals surface area contributed by atoms with Crippen LogP contribution in [0.25, 0.3) is 10.8 Å². The molecule has 4 unspecified atom stereocenters. The summed E-state index contributed by atoms with van der Waals surface area (Å²) >= 11 is 0. The first-order chi connectivity index (χ1) is 16.9. The summed E-state index contributed by atoms with van der Waals surface area (Å²) in [6, 6.07) is 19.5. The van der Waals surface area contributed by atoms with E-state index in [1.54, 1.807) is 30.3 Å². The van der Waals surface area contributed by atoms with E-state index in [9.17, 15) is 20.0 Å². The van der Waals surface area contributed by atoms with Gasteiger partial charge in [-0.2, -0.15) is 5.26 Å². The lowest BCUT2D eigenvalue weighted by Crippen LogP contribution is -2.43. The molecule has 176 valence electrons. The van der Waals surface area contributed by atoms with Crippen LogP contribution >= 0.6 is 0 Å². The molecule has 3 fully saturated rings. The van der Waals surface area contributed by atoms with Gasteiger partial charge in [0.1, 0.15) is 11.5 Å². The summed E-state index contributed by atoms with van der Waals surface area (Å²) in [5.41, 5.74) is -0.475. The number of phenols is 1. The Kier molecular flexibility index (Phi) is 4.67. The van der Waals surface area contributed by atoms with E-state index >= 15 is 0 Å². The number of nitrogens with zero attached hydrogens (tertiary/aromatic N) is 2. The number of ether oxygens (including phenoxy) is 2. The molecule has 7 nitrogen and oxygen atoms in total. The molecule has 0 saturated carbocycles. The number of hydrogen-bond donors (Lipinski definition) is 1. The predicted molar refractivity (Wildman–Crippen MR) is 128 cm³/mol. The van der Waals surface area contributed by atoms with Gasteiger partial charge in [-0.15, -0.1) is 0 Å². The number of rotatable bonds is 5. The molecule has 4 atom stereocenters. The number of carbonyl (C=O) groups excluding carboxylic acids is 2. The van der Waals surface area contributed by atoms with Crippen molar-refractivity contribution in [2.45, 2.75) is 37.4 Å². The van der Waals surface area contributed by atoms with E-state index in [0.29, 0.717) is 53.6 Å². The first-order valence-electron chi connectivity index (χ1n) is 11.8. The molecule has 3 aliphatic rings. The number of anilines is 1. The lowest BCUT2D eigenvalue weighted by Gasteiger charge is -2.31. The normalized spacial score (nSPS) is 29.0. The fourth-order valence-electron chi connectivity index (χ4n) is 6.34. The zero-order valence-electron chi connectivity index (χ0n) is 19.2. The Morgan fingerprint density at radius 1 is 1.06 bits per heavy atom. The van der Waals surface area contributed by atoms with Crippen molar-refractivity contribution < 1.29 is 24.2 Å². The average Bonchev–Trinajstić information content (AvgIpc) is 3.43. The highest BCUT2D eigenvalue weighted by atomic mass is 16.5. The molecule has 2 bridgehead atoms. The molecule has 0 aliphatic carbocycles. The molecule has 7 heteroatoms. The second kappa shape index (κ2) is 7.56. The van der Waals surface area contributed by atoms with Crippen molar-refractivity contribution in [1.29, 1.82) is 5.26 Å². The number of phenolic OH excluding ortho intramolecular Hbond substituents is 1. The van der Waals surface area contributed by atoms with E-state index in [1.165, 1.54) is 11.0 Å². The number of carbonyl (C=O) groups is 2. The zero-order chi connectivity index (χ0) is 24.4. The minimum atomic E-state index is -0.778. The van der Waals surface area contributed by atoms with E-state index in [4.69, 9.17) is 9.47 Å². The van der Waals surface area contributed by atoms with Crippen LogP contribution in [0.2, 0.25) is 0 Å². The summed E-state index contributed by atoms with van der Waals surface area (Å²) in [5, 5.41) is 20.6. The van der Waals surface area contributed by atoms with Crippen LogP contribution in [-0.4, -0.2) is 34.7 Å². The summed E-state index contributed by atoms with van der Waals surface area (Å²) in [4.78, 5) is 29.0. The Labute approximate surface area is 202 Å². The highest BCUT2D eigenvalue weighted by Crippen LogP contribution is 2.62. The summed E-state index contributed by atoms with van der Waals surface area (Å²) in [7, 11) is 0. The third-order valence-corrected chi connectivity index (χ3v) is 7.89. The van der Waals surface area contributed by atoms with Crippen LogP contribution in [0.1, 0.15) is 31.7 Å². The molecular weight excluding hydrogens is 444 g/mol. The number of hydrogen-bond acceptors (Lipinski definition) is 6. The van der Waals surface area contributed by atoms with Gasteiger partial charge in [0.05, 0.1) is 47.0 Å².